The van der Waals surface area contributed by atoms with Crippen molar-refractivity contribution in [3.8, 4) is 5.75 Å². The molecule has 0 radical (unpaired) electrons. The molecule has 1 atom stereocenters. The van der Waals surface area contributed by atoms with E-state index in [1.807, 2.05) is 42.5 Å². The number of hydrogen-bond acceptors (Lipinski definition) is 2. The van der Waals surface area contributed by atoms with Crippen LogP contribution in [-0.4, -0.2) is 12.0 Å². The quantitative estimate of drug-likeness (QED) is 0.916. The number of halogens is 1. The van der Waals surface area contributed by atoms with Crippen LogP contribution in [0.25, 0.3) is 0 Å². The van der Waals surface area contributed by atoms with Crippen LogP contribution in [0.4, 0.5) is 0 Å². The Kier molecular flexibility index (Phi) is 5.02. The molecule has 1 amide bonds. The van der Waals surface area contributed by atoms with Gasteiger partial charge in [-0.25, -0.2) is 0 Å². The van der Waals surface area contributed by atoms with Crippen LogP contribution in [0, 0.1) is 0 Å². The van der Waals surface area contributed by atoms with Gasteiger partial charge in [-0.05, 0) is 36.8 Å². The second-order valence-electron chi connectivity index (χ2n) is 4.42. The zero-order valence-electron chi connectivity index (χ0n) is 11.2. The number of carbonyl (C=O) groups is 1. The minimum atomic E-state index is -0.537. The Labute approximate surface area is 123 Å². The molecule has 2 aromatic carbocycles. The highest BCUT2D eigenvalue weighted by molar-refractivity contribution is 6.30. The highest BCUT2D eigenvalue weighted by atomic mass is 35.5. The van der Waals surface area contributed by atoms with Crippen LogP contribution in [-0.2, 0) is 11.3 Å². The molecule has 2 aromatic rings. The van der Waals surface area contributed by atoms with Crippen LogP contribution in [0.5, 0.6) is 5.75 Å². The van der Waals surface area contributed by atoms with Crippen molar-refractivity contribution in [2.75, 3.05) is 0 Å². The Balaban J connectivity index is 1.83. The number of hydrogen-bond donors (Lipinski definition) is 1. The first-order chi connectivity index (χ1) is 9.65. The maximum atomic E-state index is 11.9. The molecule has 0 aliphatic rings. The summed E-state index contributed by atoms with van der Waals surface area (Å²) in [5.74, 6) is 0.533. The van der Waals surface area contributed by atoms with Crippen molar-refractivity contribution in [2.45, 2.75) is 19.6 Å². The number of amides is 1. The van der Waals surface area contributed by atoms with Crippen LogP contribution in [0.2, 0.25) is 5.02 Å². The fourth-order valence-corrected chi connectivity index (χ4v) is 1.82. The largest absolute Gasteiger partial charge is 0.481 e. The Morgan fingerprint density at radius 1 is 1.15 bits per heavy atom. The molecule has 0 saturated heterocycles. The van der Waals surface area contributed by atoms with Crippen molar-refractivity contribution in [2.24, 2.45) is 0 Å². The molecule has 0 heterocycles. The summed E-state index contributed by atoms with van der Waals surface area (Å²) < 4.78 is 5.55. The molecule has 0 fully saturated rings. The average Bonchev–Trinajstić information content (AvgIpc) is 2.47. The third-order valence-corrected chi connectivity index (χ3v) is 3.06. The molecule has 0 spiro atoms. The van der Waals surface area contributed by atoms with Gasteiger partial charge >= 0.3 is 0 Å². The third-order valence-electron chi connectivity index (χ3n) is 2.81. The van der Waals surface area contributed by atoms with E-state index in [1.165, 1.54) is 0 Å². The molecule has 2 rings (SSSR count). The summed E-state index contributed by atoms with van der Waals surface area (Å²) in [6, 6.07) is 16.6. The van der Waals surface area contributed by atoms with E-state index in [4.69, 9.17) is 16.3 Å². The molecule has 4 heteroatoms. The summed E-state index contributed by atoms with van der Waals surface area (Å²) in [6.45, 7) is 2.18. The zero-order chi connectivity index (χ0) is 14.4. The fourth-order valence-electron chi connectivity index (χ4n) is 1.69. The summed E-state index contributed by atoms with van der Waals surface area (Å²) >= 11 is 5.81. The van der Waals surface area contributed by atoms with Gasteiger partial charge in [-0.15, -0.1) is 0 Å². The van der Waals surface area contributed by atoms with E-state index in [2.05, 4.69) is 5.32 Å². The van der Waals surface area contributed by atoms with Crippen molar-refractivity contribution in [1.82, 2.24) is 5.32 Å². The molecule has 0 aliphatic heterocycles. The second kappa shape index (κ2) is 6.96. The number of benzene rings is 2. The van der Waals surface area contributed by atoms with E-state index in [0.717, 1.165) is 5.56 Å². The SMILES string of the molecule is CC(Oc1ccccc1)C(=O)NCc1ccc(Cl)cc1. The van der Waals surface area contributed by atoms with Crippen LogP contribution in [0.15, 0.2) is 54.6 Å². The van der Waals surface area contributed by atoms with E-state index in [9.17, 15) is 4.79 Å². The van der Waals surface area contributed by atoms with Gasteiger partial charge in [0.2, 0.25) is 0 Å². The van der Waals surface area contributed by atoms with E-state index in [1.54, 1.807) is 19.1 Å². The van der Waals surface area contributed by atoms with Gasteiger partial charge in [-0.1, -0.05) is 41.9 Å². The minimum absolute atomic E-state index is 0.149. The number of nitrogens with one attached hydrogen (secondary N) is 1. The van der Waals surface area contributed by atoms with E-state index in [0.29, 0.717) is 17.3 Å². The van der Waals surface area contributed by atoms with Crippen molar-refractivity contribution >= 4 is 17.5 Å². The monoisotopic (exact) mass is 289 g/mol. The summed E-state index contributed by atoms with van der Waals surface area (Å²) in [6.07, 6.45) is -0.537. The van der Waals surface area contributed by atoms with Crippen LogP contribution in [0.3, 0.4) is 0 Å². The fraction of sp³-hybridized carbons (Fsp3) is 0.188. The Bertz CT molecular complexity index is 554. The lowest BCUT2D eigenvalue weighted by Gasteiger charge is -2.14. The van der Waals surface area contributed by atoms with Gasteiger partial charge in [0.25, 0.3) is 5.91 Å². The van der Waals surface area contributed by atoms with Crippen LogP contribution >= 0.6 is 11.6 Å². The van der Waals surface area contributed by atoms with E-state index < -0.39 is 6.10 Å². The second-order valence-corrected chi connectivity index (χ2v) is 4.85. The zero-order valence-corrected chi connectivity index (χ0v) is 11.9. The Morgan fingerprint density at radius 3 is 2.45 bits per heavy atom. The standard InChI is InChI=1S/C16H16ClNO2/c1-12(20-15-5-3-2-4-6-15)16(19)18-11-13-7-9-14(17)10-8-13/h2-10,12H,11H2,1H3,(H,18,19). The maximum Gasteiger partial charge on any atom is 0.261 e. The van der Waals surface area contributed by atoms with Gasteiger partial charge < -0.3 is 10.1 Å². The number of rotatable bonds is 5. The van der Waals surface area contributed by atoms with Crippen molar-refractivity contribution in [3.63, 3.8) is 0 Å². The third kappa shape index (κ3) is 4.28. The van der Waals surface area contributed by atoms with Gasteiger partial charge in [0.1, 0.15) is 5.75 Å². The lowest BCUT2D eigenvalue weighted by Crippen LogP contribution is -2.35. The lowest BCUT2D eigenvalue weighted by molar-refractivity contribution is -0.127. The molecule has 104 valence electrons. The van der Waals surface area contributed by atoms with Crippen molar-refractivity contribution in [3.05, 3.63) is 65.2 Å². The molecular formula is C16H16ClNO2. The summed E-state index contributed by atoms with van der Waals surface area (Å²) in [5.41, 5.74) is 0.995. The van der Waals surface area contributed by atoms with Gasteiger partial charge in [0, 0.05) is 11.6 Å². The summed E-state index contributed by atoms with van der Waals surface area (Å²) in [7, 11) is 0. The summed E-state index contributed by atoms with van der Waals surface area (Å²) in [4.78, 5) is 11.9. The van der Waals surface area contributed by atoms with Gasteiger partial charge in [0.15, 0.2) is 6.10 Å². The highest BCUT2D eigenvalue weighted by Crippen LogP contribution is 2.11. The van der Waals surface area contributed by atoms with Gasteiger partial charge in [-0.2, -0.15) is 0 Å². The normalized spacial score (nSPS) is 11.7. The summed E-state index contributed by atoms with van der Waals surface area (Å²) in [5, 5.41) is 3.51. The average molecular weight is 290 g/mol. The lowest BCUT2D eigenvalue weighted by atomic mass is 10.2. The Hall–Kier alpha value is -2.00. The van der Waals surface area contributed by atoms with E-state index in [-0.39, 0.29) is 5.91 Å². The van der Waals surface area contributed by atoms with Crippen molar-refractivity contribution in [1.29, 1.82) is 0 Å². The molecule has 0 bridgehead atoms. The van der Waals surface area contributed by atoms with Gasteiger partial charge in [0.05, 0.1) is 0 Å². The first-order valence-electron chi connectivity index (χ1n) is 6.39. The van der Waals surface area contributed by atoms with E-state index >= 15 is 0 Å². The first kappa shape index (κ1) is 14.4. The molecule has 0 saturated carbocycles. The molecular weight excluding hydrogens is 274 g/mol. The number of carbonyl (C=O) groups excluding carboxylic acids is 1. The van der Waals surface area contributed by atoms with Gasteiger partial charge in [-0.3, -0.25) is 4.79 Å². The Morgan fingerprint density at radius 2 is 1.80 bits per heavy atom. The molecule has 0 aromatic heterocycles. The molecule has 1 N–H and O–H groups in total. The van der Waals surface area contributed by atoms with Crippen LogP contribution < -0.4 is 10.1 Å². The molecule has 1 unspecified atom stereocenters. The van der Waals surface area contributed by atoms with Crippen molar-refractivity contribution < 1.29 is 9.53 Å². The number of para-hydroxylation sites is 1. The minimum Gasteiger partial charge on any atom is -0.481 e. The molecule has 20 heavy (non-hydrogen) atoms. The van der Waals surface area contributed by atoms with Crippen LogP contribution in [0.1, 0.15) is 12.5 Å². The maximum absolute atomic E-state index is 11.9. The highest BCUT2D eigenvalue weighted by Gasteiger charge is 2.13. The topological polar surface area (TPSA) is 38.3 Å². The molecule has 3 nitrogen and oxygen atoms in total. The first-order valence-corrected chi connectivity index (χ1v) is 6.77. The smallest absolute Gasteiger partial charge is 0.261 e. The molecule has 0 aliphatic carbocycles. The predicted octanol–water partition coefficient (Wildman–Crippen LogP) is 3.42. The number of ether oxygens (including phenoxy) is 1. The predicted molar refractivity (Wildman–Crippen MR) is 79.8 cm³/mol.